The molecule has 0 heterocycles. The molecule has 0 bridgehead atoms. The fourth-order valence-electron chi connectivity index (χ4n) is 2.18. The molecule has 0 unspecified atom stereocenters. The first kappa shape index (κ1) is 13.0. The highest BCUT2D eigenvalue weighted by atomic mass is 16.4. The van der Waals surface area contributed by atoms with Gasteiger partial charge < -0.3 is 15.7 Å². The molecule has 2 atom stereocenters. The number of amides is 1. The topological polar surface area (TPSA) is 78.4 Å². The van der Waals surface area contributed by atoms with Crippen LogP contribution in [-0.2, 0) is 9.59 Å². The Morgan fingerprint density at radius 1 is 1.25 bits per heavy atom. The molecule has 0 radical (unpaired) electrons. The van der Waals surface area contributed by atoms with Crippen LogP contribution < -0.4 is 10.6 Å². The molecule has 16 heavy (non-hydrogen) atoms. The van der Waals surface area contributed by atoms with Gasteiger partial charge in [-0.2, -0.15) is 0 Å². The second kappa shape index (κ2) is 6.48. The second-order valence-corrected chi connectivity index (χ2v) is 4.23. The van der Waals surface area contributed by atoms with E-state index in [2.05, 4.69) is 10.6 Å². The number of carbonyl (C=O) groups is 2. The van der Waals surface area contributed by atoms with Crippen molar-refractivity contribution in [3.05, 3.63) is 0 Å². The zero-order chi connectivity index (χ0) is 12.0. The van der Waals surface area contributed by atoms with Crippen molar-refractivity contribution < 1.29 is 14.7 Å². The van der Waals surface area contributed by atoms with Crippen LogP contribution in [0.3, 0.4) is 0 Å². The maximum Gasteiger partial charge on any atom is 0.307 e. The van der Waals surface area contributed by atoms with Crippen molar-refractivity contribution in [3.8, 4) is 0 Å². The molecule has 0 aromatic carbocycles. The van der Waals surface area contributed by atoms with Gasteiger partial charge in [0.2, 0.25) is 5.91 Å². The summed E-state index contributed by atoms with van der Waals surface area (Å²) < 4.78 is 0. The predicted molar refractivity (Wildman–Crippen MR) is 60.0 cm³/mol. The zero-order valence-corrected chi connectivity index (χ0v) is 9.66. The summed E-state index contributed by atoms with van der Waals surface area (Å²) in [6.45, 7) is 1.47. The normalized spacial score (nSPS) is 24.3. The second-order valence-electron chi connectivity index (χ2n) is 4.23. The molecular weight excluding hydrogens is 208 g/mol. The third-order valence-corrected chi connectivity index (χ3v) is 3.07. The van der Waals surface area contributed by atoms with E-state index in [0.29, 0.717) is 19.4 Å². The average Bonchev–Trinajstić information content (AvgIpc) is 2.73. The van der Waals surface area contributed by atoms with Crippen LogP contribution in [0.5, 0.6) is 0 Å². The standard InChI is InChI=1S/C11H20N2O3/c1-12-6-3-7-13-10(14)8-4-2-5-9(8)11(15)16/h8-9,12H,2-7H2,1H3,(H,13,14)(H,15,16)/t8-,9+/m1/s1. The highest BCUT2D eigenvalue weighted by Crippen LogP contribution is 2.31. The van der Waals surface area contributed by atoms with E-state index >= 15 is 0 Å². The number of hydrogen-bond donors (Lipinski definition) is 3. The summed E-state index contributed by atoms with van der Waals surface area (Å²) in [4.78, 5) is 22.6. The molecule has 1 aliphatic rings. The first-order valence-corrected chi connectivity index (χ1v) is 5.82. The maximum atomic E-state index is 11.7. The molecule has 0 spiro atoms. The van der Waals surface area contributed by atoms with Crippen LogP contribution in [0.15, 0.2) is 0 Å². The number of carboxylic acid groups (broad SMARTS) is 1. The Labute approximate surface area is 95.6 Å². The summed E-state index contributed by atoms with van der Waals surface area (Å²) in [5, 5.41) is 14.7. The molecular formula is C11H20N2O3. The number of carbonyl (C=O) groups excluding carboxylic acids is 1. The summed E-state index contributed by atoms with van der Waals surface area (Å²) in [6.07, 6.45) is 3.04. The van der Waals surface area contributed by atoms with Crippen molar-refractivity contribution in [2.24, 2.45) is 11.8 Å². The van der Waals surface area contributed by atoms with Gasteiger partial charge in [-0.1, -0.05) is 6.42 Å². The smallest absolute Gasteiger partial charge is 0.307 e. The monoisotopic (exact) mass is 228 g/mol. The summed E-state index contributed by atoms with van der Waals surface area (Å²) in [5.41, 5.74) is 0. The van der Waals surface area contributed by atoms with Crippen LogP contribution in [0.25, 0.3) is 0 Å². The lowest BCUT2D eigenvalue weighted by atomic mass is 9.95. The first-order chi connectivity index (χ1) is 7.66. The van der Waals surface area contributed by atoms with E-state index < -0.39 is 11.9 Å². The summed E-state index contributed by atoms with van der Waals surface area (Å²) in [6, 6.07) is 0. The van der Waals surface area contributed by atoms with Gasteiger partial charge in [0, 0.05) is 6.54 Å². The van der Waals surface area contributed by atoms with Crippen LogP contribution in [0.1, 0.15) is 25.7 Å². The Hall–Kier alpha value is -1.10. The van der Waals surface area contributed by atoms with Gasteiger partial charge >= 0.3 is 5.97 Å². The summed E-state index contributed by atoms with van der Waals surface area (Å²) >= 11 is 0. The largest absolute Gasteiger partial charge is 0.481 e. The van der Waals surface area contributed by atoms with Crippen molar-refractivity contribution in [2.75, 3.05) is 20.1 Å². The Balaban J connectivity index is 2.32. The fourth-order valence-corrected chi connectivity index (χ4v) is 2.18. The van der Waals surface area contributed by atoms with E-state index in [0.717, 1.165) is 19.4 Å². The van der Waals surface area contributed by atoms with Crippen molar-refractivity contribution in [1.29, 1.82) is 0 Å². The Kier molecular flexibility index (Phi) is 5.25. The molecule has 1 fully saturated rings. The molecule has 0 aliphatic heterocycles. The minimum Gasteiger partial charge on any atom is -0.481 e. The molecule has 0 saturated heterocycles. The minimum absolute atomic E-state index is 0.0963. The van der Waals surface area contributed by atoms with Crippen molar-refractivity contribution in [2.45, 2.75) is 25.7 Å². The third kappa shape index (κ3) is 3.48. The van der Waals surface area contributed by atoms with Crippen LogP contribution in [0.4, 0.5) is 0 Å². The predicted octanol–water partition coefficient (Wildman–Crippen LogP) is 0.213. The van der Waals surface area contributed by atoms with Crippen molar-refractivity contribution in [3.63, 3.8) is 0 Å². The van der Waals surface area contributed by atoms with Gasteiger partial charge in [0.25, 0.3) is 0 Å². The molecule has 3 N–H and O–H groups in total. The molecule has 92 valence electrons. The van der Waals surface area contributed by atoms with Gasteiger partial charge in [0.15, 0.2) is 0 Å². The molecule has 5 nitrogen and oxygen atoms in total. The Morgan fingerprint density at radius 2 is 1.94 bits per heavy atom. The van der Waals surface area contributed by atoms with Crippen molar-refractivity contribution in [1.82, 2.24) is 10.6 Å². The van der Waals surface area contributed by atoms with Crippen LogP contribution >= 0.6 is 0 Å². The number of carboxylic acids is 1. The summed E-state index contributed by atoms with van der Waals surface area (Å²) in [5.74, 6) is -1.75. The maximum absolute atomic E-state index is 11.7. The van der Waals surface area contributed by atoms with E-state index in [-0.39, 0.29) is 11.8 Å². The SMILES string of the molecule is CNCCCNC(=O)[C@@H]1CCC[C@@H]1C(=O)O. The number of nitrogens with one attached hydrogen (secondary N) is 2. The zero-order valence-electron chi connectivity index (χ0n) is 9.66. The molecule has 5 heteroatoms. The van der Waals surface area contributed by atoms with Gasteiger partial charge in [-0.25, -0.2) is 0 Å². The number of rotatable bonds is 6. The number of aliphatic carboxylic acids is 1. The molecule has 1 aliphatic carbocycles. The fraction of sp³-hybridized carbons (Fsp3) is 0.818. The first-order valence-electron chi connectivity index (χ1n) is 5.82. The Morgan fingerprint density at radius 3 is 2.56 bits per heavy atom. The molecule has 0 aromatic rings. The molecule has 0 aromatic heterocycles. The lowest BCUT2D eigenvalue weighted by Gasteiger charge is -2.15. The number of hydrogen-bond acceptors (Lipinski definition) is 3. The highest BCUT2D eigenvalue weighted by molar-refractivity contribution is 5.85. The van der Waals surface area contributed by atoms with Crippen LogP contribution in [0.2, 0.25) is 0 Å². The quantitative estimate of drug-likeness (QED) is 0.568. The lowest BCUT2D eigenvalue weighted by molar-refractivity contribution is -0.146. The van der Waals surface area contributed by atoms with Gasteiger partial charge in [0.1, 0.15) is 0 Å². The highest BCUT2D eigenvalue weighted by Gasteiger charge is 2.37. The van der Waals surface area contributed by atoms with Gasteiger partial charge in [-0.3, -0.25) is 9.59 Å². The van der Waals surface area contributed by atoms with Crippen LogP contribution in [-0.4, -0.2) is 37.1 Å². The minimum atomic E-state index is -0.840. The van der Waals surface area contributed by atoms with Crippen molar-refractivity contribution >= 4 is 11.9 Å². The van der Waals surface area contributed by atoms with E-state index in [1.54, 1.807) is 0 Å². The van der Waals surface area contributed by atoms with Crippen LogP contribution in [0, 0.1) is 11.8 Å². The molecule has 1 rings (SSSR count). The van der Waals surface area contributed by atoms with E-state index in [1.165, 1.54) is 0 Å². The third-order valence-electron chi connectivity index (χ3n) is 3.07. The van der Waals surface area contributed by atoms with Gasteiger partial charge in [0.05, 0.1) is 11.8 Å². The average molecular weight is 228 g/mol. The van der Waals surface area contributed by atoms with Gasteiger partial charge in [-0.05, 0) is 32.9 Å². The van der Waals surface area contributed by atoms with Gasteiger partial charge in [-0.15, -0.1) is 0 Å². The summed E-state index contributed by atoms with van der Waals surface area (Å²) in [7, 11) is 1.86. The lowest BCUT2D eigenvalue weighted by Crippen LogP contribution is -2.36. The van der Waals surface area contributed by atoms with E-state index in [1.807, 2.05) is 7.05 Å². The molecule has 1 saturated carbocycles. The van der Waals surface area contributed by atoms with E-state index in [9.17, 15) is 9.59 Å². The van der Waals surface area contributed by atoms with E-state index in [4.69, 9.17) is 5.11 Å². The Bertz CT molecular complexity index is 256. The molecule has 1 amide bonds.